The van der Waals surface area contributed by atoms with E-state index < -0.39 is 8.32 Å². The lowest BCUT2D eigenvalue weighted by Gasteiger charge is -2.36. The second kappa shape index (κ2) is 8.11. The van der Waals surface area contributed by atoms with E-state index in [-0.39, 0.29) is 10.9 Å². The number of hydrogen-bond donors (Lipinski definition) is 0. The standard InChI is InChI=1S/C18H31FO2Si/c1-7-8-9-15-10-11-16(19)14-17(15)20-12-13-21-22(5,6)18(2,3)4/h10-11,14H,7-9,12-13H2,1-6H3. The van der Waals surface area contributed by atoms with Gasteiger partial charge < -0.3 is 9.16 Å². The molecule has 0 fully saturated rings. The van der Waals surface area contributed by atoms with Gasteiger partial charge in [-0.15, -0.1) is 0 Å². The van der Waals surface area contributed by atoms with Gasteiger partial charge in [0.25, 0.3) is 0 Å². The molecule has 2 nitrogen and oxygen atoms in total. The van der Waals surface area contributed by atoms with Gasteiger partial charge in [-0.3, -0.25) is 0 Å². The summed E-state index contributed by atoms with van der Waals surface area (Å²) in [6.45, 7) is 14.3. The molecule has 0 aliphatic carbocycles. The molecule has 0 aliphatic heterocycles. The summed E-state index contributed by atoms with van der Waals surface area (Å²) < 4.78 is 25.3. The van der Waals surface area contributed by atoms with Crippen molar-refractivity contribution in [2.24, 2.45) is 0 Å². The summed E-state index contributed by atoms with van der Waals surface area (Å²) in [7, 11) is -1.74. The molecule has 126 valence electrons. The largest absolute Gasteiger partial charge is 0.491 e. The fourth-order valence-electron chi connectivity index (χ4n) is 1.90. The van der Waals surface area contributed by atoms with Crippen molar-refractivity contribution in [3.05, 3.63) is 29.6 Å². The van der Waals surface area contributed by atoms with Gasteiger partial charge in [0.1, 0.15) is 18.2 Å². The average molecular weight is 327 g/mol. The van der Waals surface area contributed by atoms with Gasteiger partial charge in [0.2, 0.25) is 0 Å². The second-order valence-electron chi connectivity index (χ2n) is 7.31. The van der Waals surface area contributed by atoms with Gasteiger partial charge in [-0.25, -0.2) is 4.39 Å². The minimum Gasteiger partial charge on any atom is -0.491 e. The lowest BCUT2D eigenvalue weighted by atomic mass is 10.1. The normalized spacial score (nSPS) is 12.5. The van der Waals surface area contributed by atoms with Gasteiger partial charge in [0, 0.05) is 6.07 Å². The van der Waals surface area contributed by atoms with Crippen LogP contribution >= 0.6 is 0 Å². The summed E-state index contributed by atoms with van der Waals surface area (Å²) in [6.07, 6.45) is 3.13. The summed E-state index contributed by atoms with van der Waals surface area (Å²) in [5, 5.41) is 0.193. The SMILES string of the molecule is CCCCc1ccc(F)cc1OCCO[Si](C)(C)C(C)(C)C. The zero-order valence-electron chi connectivity index (χ0n) is 15.0. The Morgan fingerprint density at radius 2 is 1.82 bits per heavy atom. The van der Waals surface area contributed by atoms with Gasteiger partial charge in [-0.05, 0) is 42.6 Å². The molecular formula is C18H31FO2Si. The smallest absolute Gasteiger partial charge is 0.192 e. The van der Waals surface area contributed by atoms with E-state index in [1.165, 1.54) is 12.1 Å². The lowest BCUT2D eigenvalue weighted by Crippen LogP contribution is -2.41. The van der Waals surface area contributed by atoms with Gasteiger partial charge in [-0.1, -0.05) is 40.2 Å². The molecule has 0 spiro atoms. The first-order valence-corrected chi connectivity index (χ1v) is 11.1. The van der Waals surface area contributed by atoms with Crippen molar-refractivity contribution in [3.63, 3.8) is 0 Å². The summed E-state index contributed by atoms with van der Waals surface area (Å²) >= 11 is 0. The minimum absolute atomic E-state index is 0.193. The Morgan fingerprint density at radius 1 is 1.14 bits per heavy atom. The highest BCUT2D eigenvalue weighted by Gasteiger charge is 2.36. The second-order valence-corrected chi connectivity index (χ2v) is 12.1. The first-order valence-electron chi connectivity index (χ1n) is 8.22. The Labute approximate surface area is 136 Å². The van der Waals surface area contributed by atoms with Crippen LogP contribution in [-0.2, 0) is 10.8 Å². The predicted octanol–water partition coefficient (Wildman–Crippen LogP) is 5.57. The zero-order chi connectivity index (χ0) is 16.8. The number of ether oxygens (including phenoxy) is 1. The molecule has 4 heteroatoms. The summed E-state index contributed by atoms with van der Waals surface area (Å²) in [5.74, 6) is 0.410. The van der Waals surface area contributed by atoms with Gasteiger partial charge in [0.15, 0.2) is 8.32 Å². The maximum Gasteiger partial charge on any atom is 0.192 e. The molecule has 0 bridgehead atoms. The highest BCUT2D eigenvalue weighted by atomic mass is 28.4. The zero-order valence-corrected chi connectivity index (χ0v) is 16.0. The Kier molecular flexibility index (Phi) is 7.07. The fraction of sp³-hybridized carbons (Fsp3) is 0.667. The number of aryl methyl sites for hydroxylation is 1. The lowest BCUT2D eigenvalue weighted by molar-refractivity contribution is 0.202. The number of benzene rings is 1. The molecule has 0 amide bonds. The van der Waals surface area contributed by atoms with Crippen LogP contribution in [0.3, 0.4) is 0 Å². The van der Waals surface area contributed by atoms with Crippen LogP contribution in [0.25, 0.3) is 0 Å². The Hall–Kier alpha value is -0.873. The number of hydrogen-bond acceptors (Lipinski definition) is 2. The van der Waals surface area contributed by atoms with E-state index in [2.05, 4.69) is 40.8 Å². The van der Waals surface area contributed by atoms with Gasteiger partial charge in [-0.2, -0.15) is 0 Å². The van der Waals surface area contributed by atoms with Gasteiger partial charge in [0.05, 0.1) is 6.61 Å². The molecule has 0 N–H and O–H groups in total. The fourth-order valence-corrected chi connectivity index (χ4v) is 2.93. The Morgan fingerprint density at radius 3 is 2.41 bits per heavy atom. The van der Waals surface area contributed by atoms with Crippen LogP contribution in [-0.4, -0.2) is 21.5 Å². The molecule has 0 heterocycles. The molecule has 0 radical (unpaired) electrons. The van der Waals surface area contributed by atoms with Crippen LogP contribution in [0.1, 0.15) is 46.1 Å². The van der Waals surface area contributed by atoms with E-state index in [0.29, 0.717) is 19.0 Å². The quantitative estimate of drug-likeness (QED) is 0.459. The van der Waals surface area contributed by atoms with Crippen LogP contribution in [0.2, 0.25) is 18.1 Å². The van der Waals surface area contributed by atoms with Crippen molar-refractivity contribution in [2.75, 3.05) is 13.2 Å². The molecule has 22 heavy (non-hydrogen) atoms. The number of rotatable bonds is 8. The van der Waals surface area contributed by atoms with Crippen molar-refractivity contribution in [3.8, 4) is 5.75 Å². The summed E-state index contributed by atoms with van der Waals surface area (Å²) in [5.41, 5.74) is 1.08. The topological polar surface area (TPSA) is 18.5 Å². The third kappa shape index (κ3) is 5.73. The van der Waals surface area contributed by atoms with Crippen LogP contribution in [0, 0.1) is 5.82 Å². The van der Waals surface area contributed by atoms with E-state index in [0.717, 1.165) is 24.8 Å². The molecule has 1 aromatic carbocycles. The molecule has 0 aromatic heterocycles. The maximum atomic E-state index is 13.4. The van der Waals surface area contributed by atoms with Crippen LogP contribution < -0.4 is 4.74 Å². The molecule has 1 aromatic rings. The van der Waals surface area contributed by atoms with Gasteiger partial charge >= 0.3 is 0 Å². The van der Waals surface area contributed by atoms with Crippen LogP contribution in [0.4, 0.5) is 4.39 Å². The van der Waals surface area contributed by atoms with Crippen molar-refractivity contribution >= 4 is 8.32 Å². The number of unbranched alkanes of at least 4 members (excludes halogenated alkanes) is 1. The van der Waals surface area contributed by atoms with Crippen molar-refractivity contribution < 1.29 is 13.6 Å². The molecule has 0 saturated heterocycles. The molecular weight excluding hydrogens is 295 g/mol. The predicted molar refractivity (Wildman–Crippen MR) is 93.7 cm³/mol. The van der Waals surface area contributed by atoms with E-state index in [1.807, 2.05) is 6.07 Å². The molecule has 0 unspecified atom stereocenters. The summed E-state index contributed by atoms with van der Waals surface area (Å²) in [4.78, 5) is 0. The van der Waals surface area contributed by atoms with Crippen molar-refractivity contribution in [1.29, 1.82) is 0 Å². The highest BCUT2D eigenvalue weighted by molar-refractivity contribution is 6.74. The molecule has 0 atom stereocenters. The van der Waals surface area contributed by atoms with Crippen LogP contribution in [0.5, 0.6) is 5.75 Å². The maximum absolute atomic E-state index is 13.4. The van der Waals surface area contributed by atoms with E-state index in [4.69, 9.17) is 9.16 Å². The molecule has 0 saturated carbocycles. The van der Waals surface area contributed by atoms with Crippen LogP contribution in [0.15, 0.2) is 18.2 Å². The monoisotopic (exact) mass is 326 g/mol. The van der Waals surface area contributed by atoms with Crippen molar-refractivity contribution in [1.82, 2.24) is 0 Å². The Bertz CT molecular complexity index is 467. The molecule has 0 aliphatic rings. The van der Waals surface area contributed by atoms with E-state index in [9.17, 15) is 4.39 Å². The first kappa shape index (κ1) is 19.2. The highest BCUT2D eigenvalue weighted by Crippen LogP contribution is 2.36. The third-order valence-corrected chi connectivity index (χ3v) is 8.98. The number of halogens is 1. The van der Waals surface area contributed by atoms with E-state index in [1.54, 1.807) is 0 Å². The summed E-state index contributed by atoms with van der Waals surface area (Å²) in [6, 6.07) is 4.82. The minimum atomic E-state index is -1.74. The molecule has 1 rings (SSSR count). The third-order valence-electron chi connectivity index (χ3n) is 4.44. The average Bonchev–Trinajstić information content (AvgIpc) is 2.41. The van der Waals surface area contributed by atoms with E-state index >= 15 is 0 Å². The van der Waals surface area contributed by atoms with Crippen molar-refractivity contribution in [2.45, 2.75) is 65.1 Å². The Balaban J connectivity index is 2.56. The first-order chi connectivity index (χ1) is 10.2.